The van der Waals surface area contributed by atoms with Crippen LogP contribution >= 0.6 is 0 Å². The summed E-state index contributed by atoms with van der Waals surface area (Å²) in [5.74, 6) is 0.433. The minimum absolute atomic E-state index is 0.156. The smallest absolute Gasteiger partial charge is 0.311 e. The van der Waals surface area contributed by atoms with E-state index in [1.165, 1.54) is 96.3 Å². The summed E-state index contributed by atoms with van der Waals surface area (Å²) in [6.07, 6.45) is 27.4. The number of aryl methyl sites for hydroxylation is 1. The van der Waals surface area contributed by atoms with Crippen molar-refractivity contribution >= 4 is 5.97 Å². The molecule has 1 heterocycles. The molecule has 1 aromatic carbocycles. The highest BCUT2D eigenvalue weighted by Gasteiger charge is 2.06. The molecule has 0 radical (unpaired) electrons. The minimum Gasteiger partial charge on any atom is -0.427 e. The van der Waals surface area contributed by atoms with E-state index in [-0.39, 0.29) is 5.97 Å². The molecule has 0 N–H and O–H groups in total. The predicted molar refractivity (Wildman–Crippen MR) is 151 cm³/mol. The standard InChI is InChI=1S/C32H50N2O2/c1-3-5-7-9-10-11-12-13-14-15-16-17-18-20-29-26-34-31(27-33-29)28-22-24-30(25-23-28)36-32(35)21-19-8-6-4-2/h22-27H,3-21H2,1-2H3. The lowest BCUT2D eigenvalue weighted by atomic mass is 10.0. The Hall–Kier alpha value is -2.23. The molecule has 2 aromatic rings. The van der Waals surface area contributed by atoms with Crippen LogP contribution in [0.3, 0.4) is 0 Å². The van der Waals surface area contributed by atoms with Crippen LogP contribution in [0.15, 0.2) is 36.7 Å². The molecule has 4 heteroatoms. The van der Waals surface area contributed by atoms with Crippen molar-refractivity contribution in [1.29, 1.82) is 0 Å². The average molecular weight is 495 g/mol. The predicted octanol–water partition coefficient (Wildman–Crippen LogP) is 9.65. The summed E-state index contributed by atoms with van der Waals surface area (Å²) in [7, 11) is 0. The molecule has 2 rings (SSSR count). The van der Waals surface area contributed by atoms with Crippen molar-refractivity contribution in [2.45, 2.75) is 136 Å². The van der Waals surface area contributed by atoms with Crippen LogP contribution in [0.25, 0.3) is 11.3 Å². The van der Waals surface area contributed by atoms with Gasteiger partial charge in [-0.2, -0.15) is 0 Å². The first-order chi connectivity index (χ1) is 17.7. The number of carbonyl (C=O) groups excluding carboxylic acids is 1. The fraction of sp³-hybridized carbons (Fsp3) is 0.656. The lowest BCUT2D eigenvalue weighted by Gasteiger charge is -2.06. The summed E-state index contributed by atoms with van der Waals surface area (Å²) in [4.78, 5) is 21.2. The summed E-state index contributed by atoms with van der Waals surface area (Å²) < 4.78 is 5.44. The van der Waals surface area contributed by atoms with Crippen LogP contribution in [0.1, 0.15) is 135 Å². The average Bonchev–Trinajstić information content (AvgIpc) is 2.90. The molecular weight excluding hydrogens is 444 g/mol. The third kappa shape index (κ3) is 13.8. The van der Waals surface area contributed by atoms with Crippen LogP contribution in [-0.2, 0) is 11.2 Å². The molecule has 0 bridgehead atoms. The summed E-state index contributed by atoms with van der Waals surface area (Å²) in [6, 6.07) is 7.55. The Labute approximate surface area is 220 Å². The number of unbranched alkanes of at least 4 members (excludes halogenated alkanes) is 15. The van der Waals surface area contributed by atoms with E-state index in [9.17, 15) is 4.79 Å². The Bertz CT molecular complexity index is 802. The first-order valence-electron chi connectivity index (χ1n) is 14.8. The summed E-state index contributed by atoms with van der Waals surface area (Å²) >= 11 is 0. The number of hydrogen-bond donors (Lipinski definition) is 0. The Morgan fingerprint density at radius 3 is 1.69 bits per heavy atom. The second-order valence-electron chi connectivity index (χ2n) is 10.2. The third-order valence-corrected chi connectivity index (χ3v) is 6.86. The van der Waals surface area contributed by atoms with Gasteiger partial charge >= 0.3 is 5.97 Å². The maximum absolute atomic E-state index is 12.0. The molecule has 0 atom stereocenters. The van der Waals surface area contributed by atoms with Crippen molar-refractivity contribution in [3.8, 4) is 17.0 Å². The molecule has 0 saturated carbocycles. The van der Waals surface area contributed by atoms with Crippen LogP contribution < -0.4 is 4.74 Å². The molecule has 4 nitrogen and oxygen atoms in total. The molecule has 0 unspecified atom stereocenters. The first-order valence-corrected chi connectivity index (χ1v) is 14.8. The van der Waals surface area contributed by atoms with E-state index >= 15 is 0 Å². The van der Waals surface area contributed by atoms with Crippen LogP contribution in [0.2, 0.25) is 0 Å². The summed E-state index contributed by atoms with van der Waals surface area (Å²) in [5, 5.41) is 0. The molecule has 1 aromatic heterocycles. The summed E-state index contributed by atoms with van der Waals surface area (Å²) in [5.41, 5.74) is 2.90. The highest BCUT2D eigenvalue weighted by molar-refractivity contribution is 5.72. The molecule has 0 amide bonds. The number of benzene rings is 1. The van der Waals surface area contributed by atoms with Crippen molar-refractivity contribution in [2.75, 3.05) is 0 Å². The molecule has 36 heavy (non-hydrogen) atoms. The Balaban J connectivity index is 1.56. The first kappa shape index (κ1) is 30.0. The van der Waals surface area contributed by atoms with Crippen molar-refractivity contribution in [3.63, 3.8) is 0 Å². The van der Waals surface area contributed by atoms with Gasteiger partial charge in [0.2, 0.25) is 0 Å². The van der Waals surface area contributed by atoms with Gasteiger partial charge in [-0.05, 0) is 43.5 Å². The van der Waals surface area contributed by atoms with Crippen molar-refractivity contribution in [3.05, 3.63) is 42.4 Å². The van der Waals surface area contributed by atoms with Gasteiger partial charge in [0.05, 0.1) is 17.6 Å². The van der Waals surface area contributed by atoms with Crippen molar-refractivity contribution in [2.24, 2.45) is 0 Å². The van der Waals surface area contributed by atoms with Gasteiger partial charge in [0, 0.05) is 18.2 Å². The maximum Gasteiger partial charge on any atom is 0.311 e. The van der Waals surface area contributed by atoms with E-state index < -0.39 is 0 Å². The quantitative estimate of drug-likeness (QED) is 0.0984. The maximum atomic E-state index is 12.0. The number of esters is 1. The number of carbonyl (C=O) groups is 1. The zero-order chi connectivity index (χ0) is 25.7. The van der Waals surface area contributed by atoms with Crippen molar-refractivity contribution in [1.82, 2.24) is 9.97 Å². The number of nitrogens with zero attached hydrogens (tertiary/aromatic N) is 2. The fourth-order valence-corrected chi connectivity index (χ4v) is 4.53. The lowest BCUT2D eigenvalue weighted by Crippen LogP contribution is -2.07. The molecule has 200 valence electrons. The zero-order valence-electron chi connectivity index (χ0n) is 23.1. The molecule has 0 spiro atoms. The molecular formula is C32H50N2O2. The van der Waals surface area contributed by atoms with Gasteiger partial charge in [-0.25, -0.2) is 0 Å². The second kappa shape index (κ2) is 19.9. The van der Waals surface area contributed by atoms with Gasteiger partial charge in [-0.1, -0.05) is 110 Å². The highest BCUT2D eigenvalue weighted by atomic mass is 16.5. The molecule has 0 saturated heterocycles. The van der Waals surface area contributed by atoms with Gasteiger partial charge in [0.25, 0.3) is 0 Å². The second-order valence-corrected chi connectivity index (χ2v) is 10.2. The van der Waals surface area contributed by atoms with E-state index in [1.54, 1.807) is 0 Å². The molecule has 0 aliphatic heterocycles. The van der Waals surface area contributed by atoms with E-state index in [0.717, 1.165) is 36.2 Å². The van der Waals surface area contributed by atoms with Gasteiger partial charge in [0.1, 0.15) is 5.75 Å². The minimum atomic E-state index is -0.156. The fourth-order valence-electron chi connectivity index (χ4n) is 4.53. The number of aromatic nitrogens is 2. The Kier molecular flexibility index (Phi) is 16.6. The number of ether oxygens (including phenoxy) is 1. The number of hydrogen-bond acceptors (Lipinski definition) is 4. The summed E-state index contributed by atoms with van der Waals surface area (Å²) in [6.45, 7) is 4.45. The van der Waals surface area contributed by atoms with E-state index in [2.05, 4.69) is 23.8 Å². The van der Waals surface area contributed by atoms with Crippen LogP contribution in [-0.4, -0.2) is 15.9 Å². The van der Waals surface area contributed by atoms with E-state index in [0.29, 0.717) is 12.2 Å². The molecule has 0 fully saturated rings. The van der Waals surface area contributed by atoms with Gasteiger partial charge < -0.3 is 4.74 Å². The number of rotatable bonds is 21. The zero-order valence-corrected chi connectivity index (χ0v) is 23.1. The van der Waals surface area contributed by atoms with E-state index in [1.807, 2.05) is 36.7 Å². The van der Waals surface area contributed by atoms with Crippen LogP contribution in [0.5, 0.6) is 5.75 Å². The van der Waals surface area contributed by atoms with Crippen molar-refractivity contribution < 1.29 is 9.53 Å². The van der Waals surface area contributed by atoms with E-state index in [4.69, 9.17) is 4.74 Å². The topological polar surface area (TPSA) is 52.1 Å². The highest BCUT2D eigenvalue weighted by Crippen LogP contribution is 2.21. The van der Waals surface area contributed by atoms with Gasteiger partial charge in [-0.15, -0.1) is 0 Å². The lowest BCUT2D eigenvalue weighted by molar-refractivity contribution is -0.134. The normalized spacial score (nSPS) is 11.1. The van der Waals surface area contributed by atoms with Gasteiger partial charge in [0.15, 0.2) is 0 Å². The van der Waals surface area contributed by atoms with Gasteiger partial charge in [-0.3, -0.25) is 14.8 Å². The Morgan fingerprint density at radius 2 is 1.17 bits per heavy atom. The Morgan fingerprint density at radius 1 is 0.639 bits per heavy atom. The largest absolute Gasteiger partial charge is 0.427 e. The molecule has 0 aliphatic rings. The third-order valence-electron chi connectivity index (χ3n) is 6.86. The van der Waals surface area contributed by atoms with Crippen LogP contribution in [0, 0.1) is 0 Å². The van der Waals surface area contributed by atoms with Crippen LogP contribution in [0.4, 0.5) is 0 Å². The molecule has 0 aliphatic carbocycles. The SMILES string of the molecule is CCCCCCCCCCCCCCCc1cnc(-c2ccc(OC(=O)CCCCCC)cc2)cn1. The monoisotopic (exact) mass is 494 g/mol.